The summed E-state index contributed by atoms with van der Waals surface area (Å²) in [6.07, 6.45) is 1.42. The molecule has 1 N–H and O–H groups in total. The van der Waals surface area contributed by atoms with Crippen LogP contribution in [0.4, 0.5) is 5.95 Å². The maximum atomic E-state index is 12.1. The normalized spacial score (nSPS) is 11.5. The van der Waals surface area contributed by atoms with E-state index < -0.39 is 10.0 Å². The third kappa shape index (κ3) is 3.11. The average Bonchev–Trinajstić information content (AvgIpc) is 2.85. The molecule has 2 rings (SSSR count). The summed E-state index contributed by atoms with van der Waals surface area (Å²) in [5, 5.41) is 3.56. The van der Waals surface area contributed by atoms with E-state index >= 15 is 0 Å². The minimum atomic E-state index is -3.67. The van der Waals surface area contributed by atoms with Gasteiger partial charge in [-0.25, -0.2) is 13.1 Å². The molecule has 0 aliphatic carbocycles. The Labute approximate surface area is 111 Å². The molecule has 1 aromatic carbocycles. The fraction of sp³-hybridized carbons (Fsp3) is 0.333. The second-order valence-corrected chi connectivity index (χ2v) is 5.65. The van der Waals surface area contributed by atoms with Crippen LogP contribution in [0, 0.1) is 0 Å². The molecular formula is C12H15N3O3S. The van der Waals surface area contributed by atoms with Crippen LogP contribution >= 0.6 is 0 Å². The summed E-state index contributed by atoms with van der Waals surface area (Å²) in [6, 6.07) is 6.68. The van der Waals surface area contributed by atoms with E-state index in [0.717, 1.165) is 12.0 Å². The highest BCUT2D eigenvalue weighted by Gasteiger charge is 2.17. The molecule has 0 spiro atoms. The van der Waals surface area contributed by atoms with Gasteiger partial charge >= 0.3 is 0 Å². The van der Waals surface area contributed by atoms with Crippen LogP contribution in [0.25, 0.3) is 0 Å². The molecule has 1 heterocycles. The number of sulfonamides is 1. The molecule has 0 bridgehead atoms. The number of rotatable bonds is 5. The number of hydrogen-bond donors (Lipinski definition) is 1. The Bertz CT molecular complexity index is 647. The summed E-state index contributed by atoms with van der Waals surface area (Å²) in [4.78, 5) is 4.08. The summed E-state index contributed by atoms with van der Waals surface area (Å²) < 4.78 is 31.3. The quantitative estimate of drug-likeness (QED) is 0.906. The molecule has 102 valence electrons. The lowest BCUT2D eigenvalue weighted by Crippen LogP contribution is -2.14. The van der Waals surface area contributed by atoms with E-state index in [-0.39, 0.29) is 10.8 Å². The van der Waals surface area contributed by atoms with Crippen molar-refractivity contribution >= 4 is 16.0 Å². The zero-order chi connectivity index (χ0) is 13.9. The number of anilines is 1. The van der Waals surface area contributed by atoms with Crippen LogP contribution in [0.15, 0.2) is 33.7 Å². The third-order valence-electron chi connectivity index (χ3n) is 2.64. The van der Waals surface area contributed by atoms with Gasteiger partial charge in [0.2, 0.25) is 5.89 Å². The predicted molar refractivity (Wildman–Crippen MR) is 70.3 cm³/mol. The molecule has 1 aromatic heterocycles. The van der Waals surface area contributed by atoms with Crippen molar-refractivity contribution in [2.24, 2.45) is 0 Å². The second kappa shape index (κ2) is 5.40. The molecule has 0 atom stereocenters. The van der Waals surface area contributed by atoms with E-state index in [1.807, 2.05) is 13.8 Å². The van der Waals surface area contributed by atoms with Crippen LogP contribution < -0.4 is 4.72 Å². The molecule has 0 unspecified atom stereocenters. The molecule has 0 saturated carbocycles. The van der Waals surface area contributed by atoms with Crippen molar-refractivity contribution in [3.8, 4) is 0 Å². The van der Waals surface area contributed by atoms with Gasteiger partial charge < -0.3 is 4.52 Å². The van der Waals surface area contributed by atoms with Crippen LogP contribution in [-0.4, -0.2) is 18.6 Å². The highest BCUT2D eigenvalue weighted by atomic mass is 32.2. The van der Waals surface area contributed by atoms with Gasteiger partial charge in [0.1, 0.15) is 0 Å². The summed E-state index contributed by atoms with van der Waals surface area (Å²) >= 11 is 0. The summed E-state index contributed by atoms with van der Waals surface area (Å²) in [5.74, 6) is 0.343. The summed E-state index contributed by atoms with van der Waals surface area (Å²) in [5.41, 5.74) is 1.08. The maximum Gasteiger partial charge on any atom is 0.277 e. The first-order valence-electron chi connectivity index (χ1n) is 5.99. The molecule has 0 saturated heterocycles. The second-order valence-electron chi connectivity index (χ2n) is 3.97. The van der Waals surface area contributed by atoms with Gasteiger partial charge in [-0.05, 0) is 29.3 Å². The lowest BCUT2D eigenvalue weighted by Gasteiger charge is -2.04. The van der Waals surface area contributed by atoms with Crippen LogP contribution in [-0.2, 0) is 22.9 Å². The third-order valence-corrected chi connectivity index (χ3v) is 3.98. The fourth-order valence-corrected chi connectivity index (χ4v) is 2.46. The largest absolute Gasteiger partial charge is 0.337 e. The first kappa shape index (κ1) is 13.5. The zero-order valence-corrected chi connectivity index (χ0v) is 11.6. The van der Waals surface area contributed by atoms with Crippen LogP contribution in [0.3, 0.4) is 0 Å². The maximum absolute atomic E-state index is 12.1. The number of benzene rings is 1. The zero-order valence-electron chi connectivity index (χ0n) is 10.8. The number of nitrogens with zero attached hydrogens (tertiary/aromatic N) is 2. The van der Waals surface area contributed by atoms with Crippen molar-refractivity contribution in [1.82, 2.24) is 10.1 Å². The van der Waals surface area contributed by atoms with E-state index in [1.54, 1.807) is 24.3 Å². The van der Waals surface area contributed by atoms with E-state index in [0.29, 0.717) is 12.3 Å². The van der Waals surface area contributed by atoms with Crippen molar-refractivity contribution < 1.29 is 12.9 Å². The van der Waals surface area contributed by atoms with Gasteiger partial charge in [0.05, 0.1) is 4.90 Å². The molecule has 0 radical (unpaired) electrons. The smallest absolute Gasteiger partial charge is 0.277 e. The van der Waals surface area contributed by atoms with Gasteiger partial charge in [-0.15, -0.1) is 0 Å². The first-order valence-corrected chi connectivity index (χ1v) is 7.47. The lowest BCUT2D eigenvalue weighted by molar-refractivity contribution is 0.383. The van der Waals surface area contributed by atoms with Crippen molar-refractivity contribution in [1.29, 1.82) is 0 Å². The Hall–Kier alpha value is -1.89. The predicted octanol–water partition coefficient (Wildman–Crippen LogP) is 2.00. The first-order chi connectivity index (χ1) is 9.05. The molecule has 7 heteroatoms. The van der Waals surface area contributed by atoms with Crippen LogP contribution in [0.1, 0.15) is 25.3 Å². The van der Waals surface area contributed by atoms with E-state index in [1.165, 1.54) is 0 Å². The van der Waals surface area contributed by atoms with Gasteiger partial charge in [-0.1, -0.05) is 26.0 Å². The number of nitrogens with one attached hydrogen (secondary N) is 1. The monoisotopic (exact) mass is 281 g/mol. The van der Waals surface area contributed by atoms with Crippen molar-refractivity contribution in [2.45, 2.75) is 31.6 Å². The van der Waals surface area contributed by atoms with Gasteiger partial charge in [0.15, 0.2) is 0 Å². The Kier molecular flexibility index (Phi) is 3.84. The lowest BCUT2D eigenvalue weighted by atomic mass is 10.2. The van der Waals surface area contributed by atoms with Crippen LogP contribution in [0.5, 0.6) is 0 Å². The Balaban J connectivity index is 2.21. The Morgan fingerprint density at radius 1 is 1.16 bits per heavy atom. The van der Waals surface area contributed by atoms with E-state index in [9.17, 15) is 8.42 Å². The van der Waals surface area contributed by atoms with E-state index in [4.69, 9.17) is 4.52 Å². The molecule has 0 fully saturated rings. The SMILES string of the molecule is CCc1ccc(S(=O)(=O)Nc2noc(CC)n2)cc1. The van der Waals surface area contributed by atoms with Crippen molar-refractivity contribution in [2.75, 3.05) is 4.72 Å². The van der Waals surface area contributed by atoms with Gasteiger partial charge in [0.25, 0.3) is 16.0 Å². The molecule has 19 heavy (non-hydrogen) atoms. The summed E-state index contributed by atoms with van der Waals surface area (Å²) in [7, 11) is -3.67. The molecule has 6 nitrogen and oxygen atoms in total. The molecule has 0 amide bonds. The van der Waals surface area contributed by atoms with Crippen molar-refractivity contribution in [3.05, 3.63) is 35.7 Å². The van der Waals surface area contributed by atoms with Gasteiger partial charge in [-0.2, -0.15) is 4.98 Å². The van der Waals surface area contributed by atoms with Gasteiger partial charge in [0, 0.05) is 6.42 Å². The van der Waals surface area contributed by atoms with Gasteiger partial charge in [-0.3, -0.25) is 0 Å². The fourth-order valence-electron chi connectivity index (χ4n) is 1.52. The van der Waals surface area contributed by atoms with Crippen LogP contribution in [0.2, 0.25) is 0 Å². The molecular weight excluding hydrogens is 266 g/mol. The van der Waals surface area contributed by atoms with Crippen molar-refractivity contribution in [3.63, 3.8) is 0 Å². The molecule has 0 aliphatic rings. The summed E-state index contributed by atoms with van der Waals surface area (Å²) in [6.45, 7) is 3.85. The molecule has 0 aliphatic heterocycles. The topological polar surface area (TPSA) is 85.1 Å². The standard InChI is InChI=1S/C12H15N3O3S/c1-3-9-5-7-10(8-6-9)19(16,17)15-12-13-11(4-2)18-14-12/h5-8H,3-4H2,1-2H3,(H,14,15). The number of aryl methyl sites for hydroxylation is 2. The highest BCUT2D eigenvalue weighted by molar-refractivity contribution is 7.92. The number of aromatic nitrogens is 2. The average molecular weight is 281 g/mol. The van der Waals surface area contributed by atoms with E-state index in [2.05, 4.69) is 14.9 Å². The Morgan fingerprint density at radius 3 is 2.37 bits per heavy atom. The molecule has 2 aromatic rings. The minimum Gasteiger partial charge on any atom is -0.337 e. The minimum absolute atomic E-state index is 0.0450. The highest BCUT2D eigenvalue weighted by Crippen LogP contribution is 2.15. The Morgan fingerprint density at radius 2 is 1.84 bits per heavy atom. The number of hydrogen-bond acceptors (Lipinski definition) is 5.